The van der Waals surface area contributed by atoms with E-state index in [0.29, 0.717) is 12.0 Å². The number of amidine groups is 1. The Morgan fingerprint density at radius 3 is 2.57 bits per heavy atom. The smallest absolute Gasteiger partial charge is 0.157 e. The molecule has 0 spiro atoms. The van der Waals surface area contributed by atoms with E-state index in [4.69, 9.17) is 4.99 Å². The number of thioether (sulfide) groups is 1. The fourth-order valence-corrected chi connectivity index (χ4v) is 2.54. The van der Waals surface area contributed by atoms with E-state index < -0.39 is 0 Å². The molecule has 14 heavy (non-hydrogen) atoms. The Morgan fingerprint density at radius 1 is 1.43 bits per heavy atom. The lowest BCUT2D eigenvalue weighted by Crippen LogP contribution is -2.41. The highest BCUT2D eigenvalue weighted by Crippen LogP contribution is 2.22. The molecule has 0 aliphatic carbocycles. The fraction of sp³-hybridized carbons (Fsp3) is 0.909. The van der Waals surface area contributed by atoms with E-state index in [1.54, 1.807) is 0 Å². The maximum Gasteiger partial charge on any atom is 0.157 e. The van der Waals surface area contributed by atoms with Crippen molar-refractivity contribution in [2.75, 3.05) is 5.75 Å². The molecule has 1 rings (SSSR count). The van der Waals surface area contributed by atoms with Crippen LogP contribution in [0.15, 0.2) is 4.99 Å². The molecule has 2 nitrogen and oxygen atoms in total. The van der Waals surface area contributed by atoms with Crippen LogP contribution in [0, 0.1) is 5.92 Å². The lowest BCUT2D eigenvalue weighted by molar-refractivity contribution is 0.471. The molecule has 0 bridgehead atoms. The van der Waals surface area contributed by atoms with E-state index in [1.807, 2.05) is 11.8 Å². The molecule has 0 amide bonds. The molecule has 0 aromatic carbocycles. The summed E-state index contributed by atoms with van der Waals surface area (Å²) in [6, 6.07) is 0.515. The van der Waals surface area contributed by atoms with Crippen molar-refractivity contribution in [1.29, 1.82) is 0 Å². The summed E-state index contributed by atoms with van der Waals surface area (Å²) in [7, 11) is 0. The van der Waals surface area contributed by atoms with Gasteiger partial charge in [-0.1, -0.05) is 25.6 Å². The van der Waals surface area contributed by atoms with Crippen molar-refractivity contribution in [3.8, 4) is 0 Å². The largest absolute Gasteiger partial charge is 0.360 e. The molecule has 0 aromatic rings. The Morgan fingerprint density at radius 2 is 2.07 bits per heavy atom. The second-order valence-corrected chi connectivity index (χ2v) is 6.34. The Kier molecular flexibility index (Phi) is 3.87. The highest BCUT2D eigenvalue weighted by atomic mass is 32.2. The highest BCUT2D eigenvalue weighted by Gasteiger charge is 2.21. The SMILES string of the molecule is CC(C)C1CCSC(NC(C)(C)C)=N1. The van der Waals surface area contributed by atoms with Gasteiger partial charge in [-0.25, -0.2) is 0 Å². The van der Waals surface area contributed by atoms with Crippen molar-refractivity contribution in [2.45, 2.75) is 52.6 Å². The molecule has 0 saturated carbocycles. The van der Waals surface area contributed by atoms with Crippen LogP contribution in [-0.2, 0) is 0 Å². The summed E-state index contributed by atoms with van der Waals surface area (Å²) >= 11 is 1.85. The van der Waals surface area contributed by atoms with Gasteiger partial charge in [0.15, 0.2) is 5.17 Å². The summed E-state index contributed by atoms with van der Waals surface area (Å²) in [5.74, 6) is 1.86. The molecule has 82 valence electrons. The molecule has 1 atom stereocenters. The molecule has 0 aromatic heterocycles. The van der Waals surface area contributed by atoms with Gasteiger partial charge in [0.25, 0.3) is 0 Å². The molecule has 1 N–H and O–H groups in total. The van der Waals surface area contributed by atoms with Gasteiger partial charge in [-0.3, -0.25) is 4.99 Å². The number of rotatable bonds is 1. The quantitative estimate of drug-likeness (QED) is 0.726. The third kappa shape index (κ3) is 3.91. The molecule has 0 saturated heterocycles. The van der Waals surface area contributed by atoms with E-state index >= 15 is 0 Å². The van der Waals surface area contributed by atoms with Crippen molar-refractivity contribution < 1.29 is 0 Å². The van der Waals surface area contributed by atoms with E-state index in [0.717, 1.165) is 5.17 Å². The van der Waals surface area contributed by atoms with Gasteiger partial charge in [0, 0.05) is 11.3 Å². The van der Waals surface area contributed by atoms with Crippen molar-refractivity contribution >= 4 is 16.9 Å². The van der Waals surface area contributed by atoms with E-state index in [2.05, 4.69) is 39.9 Å². The second kappa shape index (κ2) is 4.56. The van der Waals surface area contributed by atoms with Crippen molar-refractivity contribution in [3.05, 3.63) is 0 Å². The summed E-state index contributed by atoms with van der Waals surface area (Å²) in [6.45, 7) is 11.0. The van der Waals surface area contributed by atoms with Crippen LogP contribution in [0.1, 0.15) is 41.0 Å². The van der Waals surface area contributed by atoms with Crippen molar-refractivity contribution in [2.24, 2.45) is 10.9 Å². The van der Waals surface area contributed by atoms with Crippen LogP contribution in [-0.4, -0.2) is 22.5 Å². The summed E-state index contributed by atoms with van der Waals surface area (Å²) in [6.07, 6.45) is 1.22. The molecular weight excluding hydrogens is 192 g/mol. The van der Waals surface area contributed by atoms with Gasteiger partial charge in [-0.05, 0) is 33.1 Å². The van der Waals surface area contributed by atoms with Crippen LogP contribution < -0.4 is 5.32 Å². The first-order valence-corrected chi connectivity index (χ1v) is 6.36. The Bertz CT molecular complexity index is 216. The molecule has 0 radical (unpaired) electrons. The molecule has 0 fully saturated rings. The molecular formula is C11H22N2S. The molecule has 1 aliphatic rings. The first-order chi connectivity index (χ1) is 6.38. The summed E-state index contributed by atoms with van der Waals surface area (Å²) in [5.41, 5.74) is 0.130. The Hall–Kier alpha value is -0.180. The predicted octanol–water partition coefficient (Wildman–Crippen LogP) is 2.89. The van der Waals surface area contributed by atoms with Crippen LogP contribution >= 0.6 is 11.8 Å². The van der Waals surface area contributed by atoms with Crippen molar-refractivity contribution in [1.82, 2.24) is 5.32 Å². The number of nitrogens with one attached hydrogen (secondary N) is 1. The third-order valence-corrected chi connectivity index (χ3v) is 3.11. The standard InChI is InChI=1S/C11H22N2S/c1-8(2)9-6-7-14-10(12-9)13-11(3,4)5/h8-9H,6-7H2,1-5H3,(H,12,13). The summed E-state index contributed by atoms with van der Waals surface area (Å²) < 4.78 is 0. The van der Waals surface area contributed by atoms with Crippen molar-refractivity contribution in [3.63, 3.8) is 0 Å². The van der Waals surface area contributed by atoms with Gasteiger partial charge in [0.05, 0.1) is 6.04 Å². The maximum absolute atomic E-state index is 4.74. The number of aliphatic imine (C=N–C) groups is 1. The minimum atomic E-state index is 0.130. The first kappa shape index (κ1) is 11.9. The predicted molar refractivity (Wildman–Crippen MR) is 66.0 cm³/mol. The minimum absolute atomic E-state index is 0.130. The Balaban J connectivity index is 2.60. The first-order valence-electron chi connectivity index (χ1n) is 5.37. The lowest BCUT2D eigenvalue weighted by Gasteiger charge is -2.28. The zero-order chi connectivity index (χ0) is 10.8. The van der Waals surface area contributed by atoms with Gasteiger partial charge in [0.1, 0.15) is 0 Å². The summed E-state index contributed by atoms with van der Waals surface area (Å²) in [5, 5.41) is 4.58. The zero-order valence-electron chi connectivity index (χ0n) is 9.92. The van der Waals surface area contributed by atoms with Crippen LogP contribution in [0.5, 0.6) is 0 Å². The topological polar surface area (TPSA) is 24.4 Å². The number of hydrogen-bond donors (Lipinski definition) is 1. The van der Waals surface area contributed by atoms with E-state index in [9.17, 15) is 0 Å². The zero-order valence-corrected chi connectivity index (χ0v) is 10.7. The van der Waals surface area contributed by atoms with Gasteiger partial charge in [-0.15, -0.1) is 0 Å². The van der Waals surface area contributed by atoms with E-state index in [-0.39, 0.29) is 5.54 Å². The monoisotopic (exact) mass is 214 g/mol. The third-order valence-electron chi connectivity index (χ3n) is 2.19. The van der Waals surface area contributed by atoms with Crippen LogP contribution in [0.2, 0.25) is 0 Å². The molecule has 1 heterocycles. The van der Waals surface area contributed by atoms with Crippen LogP contribution in [0.3, 0.4) is 0 Å². The normalized spacial score (nSPS) is 23.6. The fourth-order valence-electron chi connectivity index (χ4n) is 1.40. The van der Waals surface area contributed by atoms with Gasteiger partial charge in [-0.2, -0.15) is 0 Å². The molecule has 1 unspecified atom stereocenters. The van der Waals surface area contributed by atoms with Gasteiger partial charge < -0.3 is 5.32 Å². The van der Waals surface area contributed by atoms with Gasteiger partial charge in [0.2, 0.25) is 0 Å². The average molecular weight is 214 g/mol. The van der Waals surface area contributed by atoms with Crippen LogP contribution in [0.4, 0.5) is 0 Å². The van der Waals surface area contributed by atoms with E-state index in [1.165, 1.54) is 12.2 Å². The second-order valence-electron chi connectivity index (χ2n) is 5.26. The Labute approximate surface area is 92.0 Å². The highest BCUT2D eigenvalue weighted by molar-refractivity contribution is 8.13. The molecule has 1 aliphatic heterocycles. The van der Waals surface area contributed by atoms with Gasteiger partial charge >= 0.3 is 0 Å². The minimum Gasteiger partial charge on any atom is -0.360 e. The lowest BCUT2D eigenvalue weighted by atomic mass is 10.0. The van der Waals surface area contributed by atoms with Crippen LogP contribution in [0.25, 0.3) is 0 Å². The average Bonchev–Trinajstić information content (AvgIpc) is 2.01. The number of hydrogen-bond acceptors (Lipinski definition) is 3. The maximum atomic E-state index is 4.74. The summed E-state index contributed by atoms with van der Waals surface area (Å²) in [4.78, 5) is 4.74. The number of nitrogens with zero attached hydrogens (tertiary/aromatic N) is 1. The molecule has 3 heteroatoms.